The van der Waals surface area contributed by atoms with Gasteiger partial charge in [0.1, 0.15) is 11.4 Å². The molecule has 1 saturated heterocycles. The lowest BCUT2D eigenvalue weighted by Crippen LogP contribution is -2.37. The van der Waals surface area contributed by atoms with Crippen LogP contribution in [0.4, 0.5) is 0 Å². The van der Waals surface area contributed by atoms with Gasteiger partial charge in [-0.05, 0) is 44.0 Å². The van der Waals surface area contributed by atoms with E-state index < -0.39 is 11.9 Å². The highest BCUT2D eigenvalue weighted by Gasteiger charge is 2.38. The third-order valence-corrected chi connectivity index (χ3v) is 4.72. The maximum absolute atomic E-state index is 12.7. The Bertz CT molecular complexity index is 814. The van der Waals surface area contributed by atoms with Gasteiger partial charge in [0.15, 0.2) is 5.69 Å². The second-order valence-electron chi connectivity index (χ2n) is 6.29. The molecule has 1 fully saturated rings. The van der Waals surface area contributed by atoms with Crippen LogP contribution in [0.15, 0.2) is 30.5 Å². The second-order valence-corrected chi connectivity index (χ2v) is 6.29. The van der Waals surface area contributed by atoms with Crippen molar-refractivity contribution in [2.24, 2.45) is 5.92 Å². The predicted octanol–water partition coefficient (Wildman–Crippen LogP) is 2.12. The van der Waals surface area contributed by atoms with Gasteiger partial charge in [0, 0.05) is 18.8 Å². The molecule has 2 aromatic rings. The molecule has 25 heavy (non-hydrogen) atoms. The van der Waals surface area contributed by atoms with Gasteiger partial charge in [-0.1, -0.05) is 6.07 Å². The Hall–Kier alpha value is -2.83. The lowest BCUT2D eigenvalue weighted by molar-refractivity contribution is -0.142. The Morgan fingerprint density at radius 1 is 1.32 bits per heavy atom. The molecule has 1 aromatic carbocycles. The minimum atomic E-state index is -0.863. The first-order valence-corrected chi connectivity index (χ1v) is 8.17. The number of hydrogen-bond acceptors (Lipinski definition) is 4. The molecule has 0 aliphatic carbocycles. The molecule has 132 valence electrons. The normalized spacial score (nSPS) is 19.9. The van der Waals surface area contributed by atoms with Crippen molar-refractivity contribution in [1.82, 2.24) is 14.7 Å². The van der Waals surface area contributed by atoms with Gasteiger partial charge in [-0.15, -0.1) is 0 Å². The summed E-state index contributed by atoms with van der Waals surface area (Å²) in [5.74, 6) is -0.976. The van der Waals surface area contributed by atoms with Crippen molar-refractivity contribution in [1.29, 1.82) is 0 Å². The Morgan fingerprint density at radius 3 is 2.72 bits per heavy atom. The van der Waals surface area contributed by atoms with Gasteiger partial charge >= 0.3 is 5.97 Å². The molecule has 0 spiro atoms. The van der Waals surface area contributed by atoms with E-state index in [1.165, 1.54) is 0 Å². The molecule has 7 heteroatoms. The number of carbonyl (C=O) groups is 2. The molecule has 0 bridgehead atoms. The van der Waals surface area contributed by atoms with Crippen LogP contribution in [0.25, 0.3) is 5.69 Å². The van der Waals surface area contributed by atoms with Crippen LogP contribution >= 0.6 is 0 Å². The zero-order valence-electron chi connectivity index (χ0n) is 14.5. The third-order valence-electron chi connectivity index (χ3n) is 4.72. The number of hydrogen-bond donors (Lipinski definition) is 1. The molecule has 1 aliphatic rings. The van der Waals surface area contributed by atoms with Gasteiger partial charge in [-0.25, -0.2) is 4.68 Å². The van der Waals surface area contributed by atoms with Crippen LogP contribution in [0.2, 0.25) is 0 Å². The molecule has 2 atom stereocenters. The molecule has 1 amide bonds. The van der Waals surface area contributed by atoms with Crippen LogP contribution in [-0.2, 0) is 4.79 Å². The average Bonchev–Trinajstić information content (AvgIpc) is 3.21. The summed E-state index contributed by atoms with van der Waals surface area (Å²) in [5.41, 5.74) is 2.09. The van der Waals surface area contributed by atoms with Gasteiger partial charge in [-0.3, -0.25) is 9.59 Å². The molecule has 0 saturated carbocycles. The van der Waals surface area contributed by atoms with Crippen molar-refractivity contribution in [2.45, 2.75) is 26.3 Å². The first-order chi connectivity index (χ1) is 11.9. The molecule has 2 heterocycles. The van der Waals surface area contributed by atoms with E-state index in [1.54, 1.807) is 35.9 Å². The Morgan fingerprint density at radius 2 is 2.08 bits per heavy atom. The van der Waals surface area contributed by atoms with Crippen molar-refractivity contribution in [2.75, 3.05) is 13.7 Å². The quantitative estimate of drug-likeness (QED) is 0.919. The summed E-state index contributed by atoms with van der Waals surface area (Å²) in [6.07, 6.45) is 2.18. The van der Waals surface area contributed by atoms with E-state index in [4.69, 9.17) is 4.74 Å². The minimum Gasteiger partial charge on any atom is -0.494 e. The number of benzene rings is 1. The van der Waals surface area contributed by atoms with E-state index in [0.717, 1.165) is 11.3 Å². The van der Waals surface area contributed by atoms with Crippen LogP contribution in [-0.4, -0.2) is 51.4 Å². The molecule has 3 rings (SSSR count). The number of carbonyl (C=O) groups excluding carboxylic acids is 1. The average molecular weight is 343 g/mol. The molecule has 0 radical (unpaired) electrons. The van der Waals surface area contributed by atoms with E-state index in [1.807, 2.05) is 25.1 Å². The topological polar surface area (TPSA) is 84.7 Å². The van der Waals surface area contributed by atoms with Gasteiger partial charge < -0.3 is 14.7 Å². The van der Waals surface area contributed by atoms with Crippen molar-refractivity contribution in [3.05, 3.63) is 41.7 Å². The zero-order chi connectivity index (χ0) is 18.1. The molecule has 7 nitrogen and oxygen atoms in total. The number of likely N-dealkylation sites (tertiary alicyclic amines) is 1. The lowest BCUT2D eigenvalue weighted by atomic mass is 10.0. The van der Waals surface area contributed by atoms with Crippen LogP contribution < -0.4 is 4.74 Å². The number of aliphatic carboxylic acids is 1. The highest BCUT2D eigenvalue weighted by molar-refractivity contribution is 5.93. The van der Waals surface area contributed by atoms with E-state index in [9.17, 15) is 14.7 Å². The fourth-order valence-corrected chi connectivity index (χ4v) is 3.25. The Kier molecular flexibility index (Phi) is 4.48. The van der Waals surface area contributed by atoms with Gasteiger partial charge in [0.25, 0.3) is 5.91 Å². The van der Waals surface area contributed by atoms with Crippen LogP contribution in [0, 0.1) is 12.8 Å². The summed E-state index contributed by atoms with van der Waals surface area (Å²) < 4.78 is 6.97. The lowest BCUT2D eigenvalue weighted by Gasteiger charge is -2.22. The highest BCUT2D eigenvalue weighted by atomic mass is 16.5. The summed E-state index contributed by atoms with van der Waals surface area (Å²) >= 11 is 0. The van der Waals surface area contributed by atoms with Gasteiger partial charge in [0.05, 0.1) is 13.0 Å². The predicted molar refractivity (Wildman–Crippen MR) is 91.1 cm³/mol. The number of carboxylic acid groups (broad SMARTS) is 1. The first-order valence-electron chi connectivity index (χ1n) is 8.17. The summed E-state index contributed by atoms with van der Waals surface area (Å²) in [5, 5.41) is 13.6. The fourth-order valence-electron chi connectivity index (χ4n) is 3.25. The number of nitrogens with zero attached hydrogens (tertiary/aromatic N) is 3. The number of rotatable bonds is 4. The summed E-state index contributed by atoms with van der Waals surface area (Å²) in [4.78, 5) is 25.5. The van der Waals surface area contributed by atoms with Crippen LogP contribution in [0.1, 0.15) is 29.4 Å². The highest BCUT2D eigenvalue weighted by Crippen LogP contribution is 2.27. The molecule has 1 aliphatic heterocycles. The van der Waals surface area contributed by atoms with Crippen molar-refractivity contribution >= 4 is 11.9 Å². The van der Waals surface area contributed by atoms with Crippen molar-refractivity contribution < 1.29 is 19.4 Å². The monoisotopic (exact) mass is 343 g/mol. The smallest absolute Gasteiger partial charge is 0.308 e. The van der Waals surface area contributed by atoms with Gasteiger partial charge in [-0.2, -0.15) is 5.10 Å². The number of aromatic nitrogens is 2. The zero-order valence-corrected chi connectivity index (χ0v) is 14.5. The van der Waals surface area contributed by atoms with Crippen molar-refractivity contribution in [3.63, 3.8) is 0 Å². The number of carboxylic acids is 1. The molecule has 1 N–H and O–H groups in total. The molecular weight excluding hydrogens is 322 g/mol. The summed E-state index contributed by atoms with van der Waals surface area (Å²) in [6.45, 7) is 4.16. The number of methoxy groups -OCH3 is 1. The molecule has 2 unspecified atom stereocenters. The Balaban J connectivity index is 1.86. The number of ether oxygens (including phenoxy) is 1. The minimum absolute atomic E-state index is 0.249. The van der Waals surface area contributed by atoms with E-state index in [0.29, 0.717) is 24.4 Å². The summed E-state index contributed by atoms with van der Waals surface area (Å²) in [7, 11) is 1.59. The van der Waals surface area contributed by atoms with Crippen LogP contribution in [0.3, 0.4) is 0 Å². The van der Waals surface area contributed by atoms with E-state index >= 15 is 0 Å². The molecular formula is C18H21N3O4. The third kappa shape index (κ3) is 3.09. The first kappa shape index (κ1) is 17.0. The second kappa shape index (κ2) is 6.58. The van der Waals surface area contributed by atoms with Crippen LogP contribution in [0.5, 0.6) is 5.75 Å². The van der Waals surface area contributed by atoms with E-state index in [2.05, 4.69) is 5.10 Å². The fraction of sp³-hybridized carbons (Fsp3) is 0.389. The SMILES string of the molecule is COc1ccc(C)cc1-n1ccc(C(=O)N2CCC(C(=O)O)C2C)n1. The maximum atomic E-state index is 12.7. The van der Waals surface area contributed by atoms with Gasteiger partial charge in [0.2, 0.25) is 0 Å². The standard InChI is InChI=1S/C18H21N3O4/c1-11-4-5-16(25-3)15(10-11)21-9-7-14(19-21)17(22)20-8-6-13(12(20)2)18(23)24/h4-5,7,9-10,12-13H,6,8H2,1-3H3,(H,23,24). The van der Waals surface area contributed by atoms with Crippen molar-refractivity contribution in [3.8, 4) is 11.4 Å². The Labute approximate surface area is 145 Å². The largest absolute Gasteiger partial charge is 0.494 e. The summed E-state index contributed by atoms with van der Waals surface area (Å²) in [6, 6.07) is 7.02. The number of amides is 1. The molecule has 1 aromatic heterocycles. The maximum Gasteiger partial charge on any atom is 0.308 e. The van der Waals surface area contributed by atoms with E-state index in [-0.39, 0.29) is 11.9 Å². The number of aryl methyl sites for hydroxylation is 1.